The zero-order valence-electron chi connectivity index (χ0n) is 14.3. The lowest BCUT2D eigenvalue weighted by atomic mass is 10.1. The highest BCUT2D eigenvalue weighted by molar-refractivity contribution is 6.22. The molecule has 3 amide bonds. The molecule has 2 aromatic rings. The second-order valence-electron chi connectivity index (χ2n) is 5.87. The Labute approximate surface area is 153 Å². The van der Waals surface area contributed by atoms with Gasteiger partial charge in [0.2, 0.25) is 0 Å². The standard InChI is InChI=1S/C19H15FN2O5/c1-11(22-17(24)14-7-2-3-8-15(14)18(22)25)19(26)27-10-16(23)21-13-6-4-5-12(20)9-13/h2-9,11H,10H2,1H3,(H,21,23)/t11-/m1/s1. The number of carbonyl (C=O) groups excluding carboxylic acids is 4. The molecule has 8 heteroatoms. The fourth-order valence-corrected chi connectivity index (χ4v) is 2.69. The maximum absolute atomic E-state index is 13.1. The number of benzene rings is 2. The molecule has 0 aliphatic carbocycles. The van der Waals surface area contributed by atoms with Crippen LogP contribution in [0.25, 0.3) is 0 Å². The number of hydrogen-bond donors (Lipinski definition) is 1. The molecule has 2 aromatic carbocycles. The van der Waals surface area contributed by atoms with Crippen LogP contribution < -0.4 is 5.32 Å². The summed E-state index contributed by atoms with van der Waals surface area (Å²) < 4.78 is 18.0. The van der Waals surface area contributed by atoms with Crippen molar-refractivity contribution in [1.29, 1.82) is 0 Å². The first-order valence-corrected chi connectivity index (χ1v) is 8.07. The maximum Gasteiger partial charge on any atom is 0.329 e. The van der Waals surface area contributed by atoms with Crippen LogP contribution in [0, 0.1) is 5.82 Å². The van der Waals surface area contributed by atoms with Crippen molar-refractivity contribution < 1.29 is 28.3 Å². The number of hydrogen-bond acceptors (Lipinski definition) is 5. The molecule has 0 saturated carbocycles. The monoisotopic (exact) mass is 370 g/mol. The predicted molar refractivity (Wildman–Crippen MR) is 92.4 cm³/mol. The molecule has 1 N–H and O–H groups in total. The summed E-state index contributed by atoms with van der Waals surface area (Å²) in [4.78, 5) is 49.5. The van der Waals surface area contributed by atoms with E-state index in [9.17, 15) is 23.6 Å². The van der Waals surface area contributed by atoms with E-state index in [1.54, 1.807) is 12.1 Å². The summed E-state index contributed by atoms with van der Waals surface area (Å²) in [5, 5.41) is 2.37. The van der Waals surface area contributed by atoms with Gasteiger partial charge in [-0.15, -0.1) is 0 Å². The Morgan fingerprint density at radius 2 is 1.70 bits per heavy atom. The minimum Gasteiger partial charge on any atom is -0.454 e. The van der Waals surface area contributed by atoms with Crippen molar-refractivity contribution in [2.45, 2.75) is 13.0 Å². The van der Waals surface area contributed by atoms with Gasteiger partial charge in [0.05, 0.1) is 11.1 Å². The number of rotatable bonds is 5. The quantitative estimate of drug-likeness (QED) is 0.642. The first-order chi connectivity index (χ1) is 12.9. The van der Waals surface area contributed by atoms with Crippen molar-refractivity contribution in [2.75, 3.05) is 11.9 Å². The van der Waals surface area contributed by atoms with E-state index in [0.717, 1.165) is 11.0 Å². The molecule has 0 aromatic heterocycles. The predicted octanol–water partition coefficient (Wildman–Crippen LogP) is 1.99. The van der Waals surface area contributed by atoms with Crippen molar-refractivity contribution in [1.82, 2.24) is 4.90 Å². The lowest BCUT2D eigenvalue weighted by Gasteiger charge is -2.20. The van der Waals surface area contributed by atoms with Crippen LogP contribution in [0.1, 0.15) is 27.6 Å². The largest absolute Gasteiger partial charge is 0.454 e. The molecule has 3 rings (SSSR count). The summed E-state index contributed by atoms with van der Waals surface area (Å²) in [5.41, 5.74) is 0.640. The van der Waals surface area contributed by atoms with Crippen LogP contribution in [0.2, 0.25) is 0 Å². The number of amides is 3. The Balaban J connectivity index is 1.59. The molecule has 7 nitrogen and oxygen atoms in total. The van der Waals surface area contributed by atoms with E-state index in [1.807, 2.05) is 0 Å². The summed E-state index contributed by atoms with van der Waals surface area (Å²) in [6.45, 7) is 0.706. The van der Waals surface area contributed by atoms with Crippen molar-refractivity contribution >= 4 is 29.4 Å². The molecule has 0 saturated heterocycles. The number of imide groups is 1. The van der Waals surface area contributed by atoms with Gasteiger partial charge >= 0.3 is 5.97 Å². The third kappa shape index (κ3) is 3.69. The van der Waals surface area contributed by atoms with Gasteiger partial charge in [0.15, 0.2) is 6.61 Å². The fraction of sp³-hybridized carbons (Fsp3) is 0.158. The Hall–Kier alpha value is -3.55. The van der Waals surface area contributed by atoms with Crippen LogP contribution in [0.3, 0.4) is 0 Å². The third-order valence-electron chi connectivity index (χ3n) is 4.01. The Bertz CT molecular complexity index is 908. The molecule has 138 valence electrons. The van der Waals surface area contributed by atoms with Gasteiger partial charge in [0.25, 0.3) is 17.7 Å². The van der Waals surface area contributed by atoms with Crippen molar-refractivity contribution in [3.63, 3.8) is 0 Å². The summed E-state index contributed by atoms with van der Waals surface area (Å²) in [6.07, 6.45) is 0. The van der Waals surface area contributed by atoms with Crippen molar-refractivity contribution in [3.05, 3.63) is 65.5 Å². The number of halogens is 1. The minimum absolute atomic E-state index is 0.212. The van der Waals surface area contributed by atoms with Crippen LogP contribution in [-0.4, -0.2) is 41.2 Å². The molecule has 0 unspecified atom stereocenters. The number of fused-ring (bicyclic) bond motifs is 1. The van der Waals surface area contributed by atoms with Crippen molar-refractivity contribution in [2.24, 2.45) is 0 Å². The highest BCUT2D eigenvalue weighted by atomic mass is 19.1. The first-order valence-electron chi connectivity index (χ1n) is 8.07. The number of nitrogens with zero attached hydrogens (tertiary/aromatic N) is 1. The topological polar surface area (TPSA) is 92.8 Å². The number of carbonyl (C=O) groups is 4. The maximum atomic E-state index is 13.1. The summed E-state index contributed by atoms with van der Waals surface area (Å²) in [5.74, 6) is -3.29. The summed E-state index contributed by atoms with van der Waals surface area (Å²) >= 11 is 0. The average molecular weight is 370 g/mol. The van der Waals surface area contributed by atoms with E-state index in [-0.39, 0.29) is 16.8 Å². The third-order valence-corrected chi connectivity index (χ3v) is 4.01. The highest BCUT2D eigenvalue weighted by Crippen LogP contribution is 2.24. The van der Waals surface area contributed by atoms with E-state index in [0.29, 0.717) is 0 Å². The summed E-state index contributed by atoms with van der Waals surface area (Å²) in [6, 6.07) is 10.3. The van der Waals surface area contributed by atoms with Gasteiger partial charge in [-0.25, -0.2) is 9.18 Å². The summed E-state index contributed by atoms with van der Waals surface area (Å²) in [7, 11) is 0. The van der Waals surface area contributed by atoms with Gasteiger partial charge in [-0.1, -0.05) is 18.2 Å². The van der Waals surface area contributed by atoms with Crippen LogP contribution in [-0.2, 0) is 14.3 Å². The Morgan fingerprint density at radius 3 is 2.30 bits per heavy atom. The lowest BCUT2D eigenvalue weighted by Crippen LogP contribution is -2.44. The normalized spacial score (nSPS) is 13.9. The lowest BCUT2D eigenvalue weighted by molar-refractivity contribution is -0.150. The molecule has 0 radical (unpaired) electrons. The van der Waals surface area contributed by atoms with Crippen LogP contribution in [0.5, 0.6) is 0 Å². The van der Waals surface area contributed by atoms with E-state index >= 15 is 0 Å². The number of nitrogens with one attached hydrogen (secondary N) is 1. The molecular formula is C19H15FN2O5. The second-order valence-corrected chi connectivity index (χ2v) is 5.87. The number of ether oxygens (including phenoxy) is 1. The zero-order chi connectivity index (χ0) is 19.6. The Morgan fingerprint density at radius 1 is 1.07 bits per heavy atom. The second kappa shape index (κ2) is 7.36. The van der Waals surface area contributed by atoms with Gasteiger partial charge in [-0.2, -0.15) is 0 Å². The van der Waals surface area contributed by atoms with Crippen LogP contribution in [0.15, 0.2) is 48.5 Å². The van der Waals surface area contributed by atoms with Crippen molar-refractivity contribution in [3.8, 4) is 0 Å². The van der Waals surface area contributed by atoms with Crippen LogP contribution in [0.4, 0.5) is 10.1 Å². The molecule has 1 aliphatic heterocycles. The Kier molecular flexibility index (Phi) is 4.98. The number of anilines is 1. The molecule has 0 spiro atoms. The molecule has 1 atom stereocenters. The fourth-order valence-electron chi connectivity index (χ4n) is 2.69. The van der Waals surface area contributed by atoms with E-state index in [1.165, 1.54) is 37.3 Å². The molecule has 1 heterocycles. The number of esters is 1. The SMILES string of the molecule is C[C@H](C(=O)OCC(=O)Nc1cccc(F)c1)N1C(=O)c2ccccc2C1=O. The highest BCUT2D eigenvalue weighted by Gasteiger charge is 2.41. The van der Waals surface area contributed by atoms with Crippen LogP contribution >= 0.6 is 0 Å². The first kappa shape index (κ1) is 18.2. The van der Waals surface area contributed by atoms with Gasteiger partial charge in [0, 0.05) is 5.69 Å². The zero-order valence-corrected chi connectivity index (χ0v) is 14.3. The van der Waals surface area contributed by atoms with E-state index in [2.05, 4.69) is 5.32 Å². The molecule has 1 aliphatic rings. The molecule has 0 bridgehead atoms. The molecule has 0 fully saturated rings. The van der Waals surface area contributed by atoms with Gasteiger partial charge in [0.1, 0.15) is 11.9 Å². The molecule has 27 heavy (non-hydrogen) atoms. The van der Waals surface area contributed by atoms with Gasteiger partial charge < -0.3 is 10.1 Å². The van der Waals surface area contributed by atoms with E-state index in [4.69, 9.17) is 4.74 Å². The van der Waals surface area contributed by atoms with Gasteiger partial charge in [-0.05, 0) is 37.3 Å². The van der Waals surface area contributed by atoms with E-state index < -0.39 is 42.2 Å². The van der Waals surface area contributed by atoms with Gasteiger partial charge in [-0.3, -0.25) is 19.3 Å². The molecular weight excluding hydrogens is 355 g/mol. The minimum atomic E-state index is -1.20. The smallest absolute Gasteiger partial charge is 0.329 e. The average Bonchev–Trinajstić information content (AvgIpc) is 2.90.